The van der Waals surface area contributed by atoms with E-state index in [1.165, 1.54) is 33.6 Å². The third kappa shape index (κ3) is 8.67. The van der Waals surface area contributed by atoms with Crippen LogP contribution in [0, 0.1) is 0 Å². The van der Waals surface area contributed by atoms with Gasteiger partial charge in [0, 0.05) is 0 Å². The number of benzene rings is 2. The average molecular weight is 538 g/mol. The third-order valence-electron chi connectivity index (χ3n) is 5.77. The fourth-order valence-electron chi connectivity index (χ4n) is 4.10. The number of anilines is 2. The minimum atomic E-state index is 0. The van der Waals surface area contributed by atoms with Gasteiger partial charge in [0.2, 0.25) is 0 Å². The topological polar surface area (TPSA) is 36.1 Å². The van der Waals surface area contributed by atoms with Crippen LogP contribution in [0.2, 0.25) is 0 Å². The fraction of sp³-hybridized carbons (Fsp3) is 0.556. The molecular formula is C27H42Cl2CoN3. The van der Waals surface area contributed by atoms with E-state index in [0.717, 1.165) is 24.3 Å². The van der Waals surface area contributed by atoms with Crippen molar-refractivity contribution in [1.29, 1.82) is 0 Å². The van der Waals surface area contributed by atoms with Crippen LogP contribution in [0.3, 0.4) is 0 Å². The molecule has 0 saturated heterocycles. The molecule has 3 nitrogen and oxygen atoms in total. The molecule has 6 heteroatoms. The molecule has 0 radical (unpaired) electrons. The van der Waals surface area contributed by atoms with Crippen LogP contribution >= 0.6 is 0 Å². The van der Waals surface area contributed by atoms with E-state index in [-0.39, 0.29) is 24.8 Å². The summed E-state index contributed by atoms with van der Waals surface area (Å²) >= 11 is 4.78. The van der Waals surface area contributed by atoms with Gasteiger partial charge in [-0.2, -0.15) is 0 Å². The number of nitrogens with one attached hydrogen (secondary N) is 3. The molecule has 3 N–H and O–H groups in total. The molecule has 0 aliphatic carbocycles. The van der Waals surface area contributed by atoms with Crippen molar-refractivity contribution in [2.45, 2.75) is 79.1 Å². The Morgan fingerprint density at radius 1 is 0.636 bits per heavy atom. The molecule has 0 fully saturated rings. The van der Waals surface area contributed by atoms with E-state index in [9.17, 15) is 0 Å². The van der Waals surface area contributed by atoms with E-state index >= 15 is 0 Å². The van der Waals surface area contributed by atoms with Gasteiger partial charge in [0.25, 0.3) is 0 Å². The SMILES string of the molecule is CC(C)c1cccc(C(C)C)c1NCCNCNc1c(C(C)C)cc[c]([Co+2])c1C(C)C.[Cl-].[Cl-]. The summed E-state index contributed by atoms with van der Waals surface area (Å²) in [6.07, 6.45) is 0. The summed E-state index contributed by atoms with van der Waals surface area (Å²) in [6.45, 7) is 20.6. The number of para-hydroxylation sites is 1. The zero-order chi connectivity index (χ0) is 23.1. The zero-order valence-electron chi connectivity index (χ0n) is 21.4. The Morgan fingerprint density at radius 3 is 1.64 bits per heavy atom. The van der Waals surface area contributed by atoms with Crippen molar-refractivity contribution in [3.63, 3.8) is 0 Å². The minimum Gasteiger partial charge on any atom is -1.00 e. The largest absolute Gasteiger partial charge is 1.00 e. The first-order chi connectivity index (χ1) is 14.6. The van der Waals surface area contributed by atoms with Gasteiger partial charge in [-0.1, -0.05) is 33.8 Å². The second kappa shape index (κ2) is 15.2. The summed E-state index contributed by atoms with van der Waals surface area (Å²) in [5.41, 5.74) is 8.01. The summed E-state index contributed by atoms with van der Waals surface area (Å²) in [6, 6.07) is 11.0. The summed E-state index contributed by atoms with van der Waals surface area (Å²) in [5, 5.41) is 10.9. The van der Waals surface area contributed by atoms with Gasteiger partial charge in [-0.25, -0.2) is 0 Å². The first-order valence-electron chi connectivity index (χ1n) is 11.8. The molecule has 0 atom stereocenters. The number of rotatable bonds is 11. The van der Waals surface area contributed by atoms with Gasteiger partial charge in [0.05, 0.1) is 0 Å². The van der Waals surface area contributed by atoms with Crippen LogP contribution in [-0.4, -0.2) is 19.8 Å². The maximum absolute atomic E-state index is 4.78. The molecule has 33 heavy (non-hydrogen) atoms. The van der Waals surface area contributed by atoms with Crippen LogP contribution in [0.4, 0.5) is 11.4 Å². The molecule has 0 bridgehead atoms. The Balaban J connectivity index is 0.00000512. The van der Waals surface area contributed by atoms with Crippen molar-refractivity contribution in [3.05, 3.63) is 52.6 Å². The van der Waals surface area contributed by atoms with Crippen molar-refractivity contribution >= 4 is 15.9 Å². The number of hydrogen-bond donors (Lipinski definition) is 3. The minimum absolute atomic E-state index is 0. The van der Waals surface area contributed by atoms with Gasteiger partial charge < -0.3 is 24.8 Å². The molecule has 2 aromatic carbocycles. The molecule has 0 unspecified atom stereocenters. The smallest absolute Gasteiger partial charge is 1.00 e. The third-order valence-corrected chi connectivity index (χ3v) is 6.22. The summed E-state index contributed by atoms with van der Waals surface area (Å²) in [5.74, 6) is 1.91. The summed E-state index contributed by atoms with van der Waals surface area (Å²) < 4.78 is 1.06. The van der Waals surface area contributed by atoms with Gasteiger partial charge in [-0.15, -0.1) is 0 Å². The summed E-state index contributed by atoms with van der Waals surface area (Å²) in [7, 11) is 0. The van der Waals surface area contributed by atoms with Crippen molar-refractivity contribution in [2.24, 2.45) is 0 Å². The fourth-order valence-corrected chi connectivity index (χ4v) is 4.62. The Morgan fingerprint density at radius 2 is 1.15 bits per heavy atom. The molecule has 0 amide bonds. The van der Waals surface area contributed by atoms with Crippen LogP contribution in [0.1, 0.15) is 101 Å². The van der Waals surface area contributed by atoms with Crippen LogP contribution in [0.5, 0.6) is 0 Å². The van der Waals surface area contributed by atoms with E-state index in [0.29, 0.717) is 23.7 Å². The second-order valence-electron chi connectivity index (χ2n) is 9.61. The van der Waals surface area contributed by atoms with Crippen molar-refractivity contribution in [3.8, 4) is 0 Å². The van der Waals surface area contributed by atoms with Crippen molar-refractivity contribution < 1.29 is 40.6 Å². The van der Waals surface area contributed by atoms with Crippen LogP contribution < -0.4 is 45.3 Å². The Labute approximate surface area is 223 Å². The Bertz CT molecular complexity index is 825. The van der Waals surface area contributed by atoms with Gasteiger partial charge >= 0.3 is 165 Å². The molecule has 2 aromatic rings. The second-order valence-corrected chi connectivity index (χ2v) is 10.2. The average Bonchev–Trinajstić information content (AvgIpc) is 2.69. The maximum atomic E-state index is 4.78. The van der Waals surface area contributed by atoms with E-state index in [2.05, 4.69) is 102 Å². The van der Waals surface area contributed by atoms with Gasteiger partial charge in [0.1, 0.15) is 0 Å². The molecule has 0 spiro atoms. The maximum Gasteiger partial charge on any atom is -1.00 e. The van der Waals surface area contributed by atoms with E-state index in [1.54, 1.807) is 0 Å². The molecule has 0 heterocycles. The summed E-state index contributed by atoms with van der Waals surface area (Å²) in [4.78, 5) is 0. The first kappa shape index (κ1) is 32.1. The Hall–Kier alpha value is -0.914. The van der Waals surface area contributed by atoms with Crippen LogP contribution in [-0.2, 0) is 15.7 Å². The number of hydrogen-bond acceptors (Lipinski definition) is 3. The molecule has 188 valence electrons. The quantitative estimate of drug-likeness (QED) is 0.287. The van der Waals surface area contributed by atoms with Crippen LogP contribution in [0.15, 0.2) is 30.3 Å². The van der Waals surface area contributed by atoms with Gasteiger partial charge in [-0.3, -0.25) is 0 Å². The molecule has 0 aromatic heterocycles. The first-order valence-corrected chi connectivity index (χ1v) is 12.3. The predicted molar refractivity (Wildman–Crippen MR) is 134 cm³/mol. The predicted octanol–water partition coefficient (Wildman–Crippen LogP) is 0.431. The standard InChI is InChI=1S/C27H42N3.2ClH.Co/c1-18(2)22-11-9-12-23(19(3)4)26(22)29-16-15-28-17-30-27-24(20(5)6)13-10-14-25(27)21(7)8;;;/h9-13,18-21,28-30H,15-17H2,1-8H3;2*1H;/q;;;+2/p-2. The van der Waals surface area contributed by atoms with E-state index < -0.39 is 0 Å². The molecule has 2 rings (SSSR count). The Kier molecular flexibility index (Phi) is 14.7. The molecule has 0 aliphatic rings. The zero-order valence-corrected chi connectivity index (χ0v) is 24.0. The monoisotopic (exact) mass is 537 g/mol. The molecule has 0 aliphatic heterocycles. The van der Waals surface area contributed by atoms with Gasteiger partial charge in [-0.05, 0) is 0 Å². The van der Waals surface area contributed by atoms with Crippen molar-refractivity contribution in [1.82, 2.24) is 5.32 Å². The van der Waals surface area contributed by atoms with E-state index in [1.807, 2.05) is 0 Å². The van der Waals surface area contributed by atoms with Crippen molar-refractivity contribution in [2.75, 3.05) is 30.4 Å². The van der Waals surface area contributed by atoms with E-state index in [4.69, 9.17) is 15.7 Å². The normalized spacial score (nSPS) is 11.1. The molecular weight excluding hydrogens is 496 g/mol. The number of halogens is 2. The molecule has 0 saturated carbocycles. The van der Waals surface area contributed by atoms with Crippen LogP contribution in [0.25, 0.3) is 0 Å². The van der Waals surface area contributed by atoms with Gasteiger partial charge in [0.15, 0.2) is 0 Å².